The van der Waals surface area contributed by atoms with Gasteiger partial charge in [0.15, 0.2) is 0 Å². The maximum Gasteiger partial charge on any atom is 0.146 e. The van der Waals surface area contributed by atoms with Crippen LogP contribution in [-0.2, 0) is 18.6 Å². The summed E-state index contributed by atoms with van der Waals surface area (Å²) in [6, 6.07) is 10.1. The second-order valence-corrected chi connectivity index (χ2v) is 6.03. The standard InChI is InChI=1S/C17H23NO2/c1-12-13(10-18)9-14(20-12)11-19-16-8-6-5-7-15(16)17(2,3)4/h5-9H,10-11,18H2,1-4H3. The molecule has 0 saturated heterocycles. The summed E-state index contributed by atoms with van der Waals surface area (Å²) in [4.78, 5) is 0. The minimum absolute atomic E-state index is 0.0537. The molecule has 0 aliphatic carbocycles. The van der Waals surface area contributed by atoms with E-state index in [9.17, 15) is 0 Å². The Labute approximate surface area is 120 Å². The lowest BCUT2D eigenvalue weighted by Crippen LogP contribution is -2.13. The molecule has 0 spiro atoms. The maximum atomic E-state index is 5.93. The molecule has 0 bridgehead atoms. The summed E-state index contributed by atoms with van der Waals surface area (Å²) in [6.07, 6.45) is 0. The fourth-order valence-corrected chi connectivity index (χ4v) is 2.22. The topological polar surface area (TPSA) is 48.4 Å². The number of nitrogens with two attached hydrogens (primary N) is 1. The second kappa shape index (κ2) is 5.71. The van der Waals surface area contributed by atoms with Crippen LogP contribution in [0.1, 0.15) is 43.4 Å². The number of para-hydroxylation sites is 1. The first-order valence-corrected chi connectivity index (χ1v) is 6.92. The minimum atomic E-state index is 0.0537. The molecule has 20 heavy (non-hydrogen) atoms. The van der Waals surface area contributed by atoms with Crippen molar-refractivity contribution in [2.24, 2.45) is 5.73 Å². The molecular formula is C17H23NO2. The Morgan fingerprint density at radius 3 is 2.50 bits per heavy atom. The Balaban J connectivity index is 2.15. The van der Waals surface area contributed by atoms with E-state index in [1.807, 2.05) is 31.2 Å². The van der Waals surface area contributed by atoms with Gasteiger partial charge in [0.1, 0.15) is 23.9 Å². The molecule has 0 saturated carbocycles. The van der Waals surface area contributed by atoms with Gasteiger partial charge in [0, 0.05) is 12.1 Å². The van der Waals surface area contributed by atoms with E-state index >= 15 is 0 Å². The van der Waals surface area contributed by atoms with Gasteiger partial charge in [0.05, 0.1) is 0 Å². The first-order chi connectivity index (χ1) is 9.41. The van der Waals surface area contributed by atoms with Gasteiger partial charge < -0.3 is 14.9 Å². The average molecular weight is 273 g/mol. The second-order valence-electron chi connectivity index (χ2n) is 6.03. The third-order valence-corrected chi connectivity index (χ3v) is 3.36. The summed E-state index contributed by atoms with van der Waals surface area (Å²) in [5, 5.41) is 0. The van der Waals surface area contributed by atoms with Gasteiger partial charge in [-0.3, -0.25) is 0 Å². The normalized spacial score (nSPS) is 11.7. The Morgan fingerprint density at radius 1 is 1.20 bits per heavy atom. The molecule has 0 aliphatic heterocycles. The highest BCUT2D eigenvalue weighted by molar-refractivity contribution is 5.38. The summed E-state index contributed by atoms with van der Waals surface area (Å²) in [6.45, 7) is 9.38. The predicted octanol–water partition coefficient (Wildman–Crippen LogP) is 3.92. The van der Waals surface area contributed by atoms with E-state index in [1.54, 1.807) is 0 Å². The van der Waals surface area contributed by atoms with Gasteiger partial charge in [-0.25, -0.2) is 0 Å². The molecular weight excluding hydrogens is 250 g/mol. The van der Waals surface area contributed by atoms with Crippen LogP contribution in [0.2, 0.25) is 0 Å². The molecule has 3 heteroatoms. The van der Waals surface area contributed by atoms with Crippen molar-refractivity contribution < 1.29 is 9.15 Å². The third-order valence-electron chi connectivity index (χ3n) is 3.36. The fourth-order valence-electron chi connectivity index (χ4n) is 2.22. The Kier molecular flexibility index (Phi) is 4.19. The lowest BCUT2D eigenvalue weighted by molar-refractivity contribution is 0.261. The zero-order valence-corrected chi connectivity index (χ0v) is 12.7. The van der Waals surface area contributed by atoms with E-state index in [-0.39, 0.29) is 5.41 Å². The quantitative estimate of drug-likeness (QED) is 0.918. The Hall–Kier alpha value is -1.74. The first-order valence-electron chi connectivity index (χ1n) is 6.92. The molecule has 0 unspecified atom stereocenters. The lowest BCUT2D eigenvalue weighted by Gasteiger charge is -2.22. The first kappa shape index (κ1) is 14.7. The number of furan rings is 1. The van der Waals surface area contributed by atoms with Crippen molar-refractivity contribution in [3.63, 3.8) is 0 Å². The van der Waals surface area contributed by atoms with Crippen LogP contribution in [0.4, 0.5) is 0 Å². The van der Waals surface area contributed by atoms with Crippen molar-refractivity contribution in [2.75, 3.05) is 0 Å². The highest BCUT2D eigenvalue weighted by Crippen LogP contribution is 2.31. The van der Waals surface area contributed by atoms with E-state index in [1.165, 1.54) is 5.56 Å². The molecule has 108 valence electrons. The lowest BCUT2D eigenvalue weighted by atomic mass is 9.86. The maximum absolute atomic E-state index is 5.93. The molecule has 2 rings (SSSR count). The van der Waals surface area contributed by atoms with Crippen LogP contribution < -0.4 is 10.5 Å². The van der Waals surface area contributed by atoms with Gasteiger partial charge in [-0.2, -0.15) is 0 Å². The zero-order valence-electron chi connectivity index (χ0n) is 12.7. The monoisotopic (exact) mass is 273 g/mol. The number of rotatable bonds is 4. The van der Waals surface area contributed by atoms with Crippen LogP contribution in [-0.4, -0.2) is 0 Å². The van der Waals surface area contributed by atoms with E-state index in [2.05, 4.69) is 26.8 Å². The minimum Gasteiger partial charge on any atom is -0.485 e. The molecule has 0 amide bonds. The summed E-state index contributed by atoms with van der Waals surface area (Å²) >= 11 is 0. The van der Waals surface area contributed by atoms with Crippen LogP contribution in [0, 0.1) is 6.92 Å². The van der Waals surface area contributed by atoms with E-state index in [0.29, 0.717) is 13.2 Å². The van der Waals surface area contributed by atoms with E-state index < -0.39 is 0 Å². The van der Waals surface area contributed by atoms with Gasteiger partial charge in [-0.15, -0.1) is 0 Å². The van der Waals surface area contributed by atoms with Crippen molar-refractivity contribution in [3.05, 3.63) is 53.0 Å². The molecule has 1 heterocycles. The van der Waals surface area contributed by atoms with Crippen molar-refractivity contribution >= 4 is 0 Å². The van der Waals surface area contributed by atoms with Crippen molar-refractivity contribution in [1.82, 2.24) is 0 Å². The van der Waals surface area contributed by atoms with Crippen molar-refractivity contribution in [2.45, 2.75) is 46.3 Å². The number of aryl methyl sites for hydroxylation is 1. The van der Waals surface area contributed by atoms with Crippen LogP contribution >= 0.6 is 0 Å². The van der Waals surface area contributed by atoms with Crippen LogP contribution in [0.3, 0.4) is 0 Å². The van der Waals surface area contributed by atoms with E-state index in [4.69, 9.17) is 14.9 Å². The predicted molar refractivity (Wildman–Crippen MR) is 80.8 cm³/mol. The highest BCUT2D eigenvalue weighted by atomic mass is 16.5. The number of ether oxygens (including phenoxy) is 1. The van der Waals surface area contributed by atoms with Crippen LogP contribution in [0.15, 0.2) is 34.7 Å². The molecule has 3 nitrogen and oxygen atoms in total. The van der Waals surface area contributed by atoms with E-state index in [0.717, 1.165) is 22.8 Å². The summed E-state index contributed by atoms with van der Waals surface area (Å²) in [5.74, 6) is 2.59. The Bertz CT molecular complexity index is 579. The van der Waals surface area contributed by atoms with Crippen molar-refractivity contribution in [1.29, 1.82) is 0 Å². The molecule has 0 fully saturated rings. The SMILES string of the molecule is Cc1oc(COc2ccccc2C(C)(C)C)cc1CN. The van der Waals surface area contributed by atoms with Crippen LogP contribution in [0.5, 0.6) is 5.75 Å². The average Bonchev–Trinajstić information content (AvgIpc) is 2.76. The van der Waals surface area contributed by atoms with Gasteiger partial charge in [-0.05, 0) is 30.0 Å². The smallest absolute Gasteiger partial charge is 0.146 e. The molecule has 2 aromatic rings. The van der Waals surface area contributed by atoms with Crippen molar-refractivity contribution in [3.8, 4) is 5.75 Å². The molecule has 1 aromatic carbocycles. The third kappa shape index (κ3) is 3.23. The van der Waals surface area contributed by atoms with Gasteiger partial charge in [0.2, 0.25) is 0 Å². The molecule has 0 radical (unpaired) electrons. The Morgan fingerprint density at radius 2 is 1.90 bits per heavy atom. The summed E-state index contributed by atoms with van der Waals surface area (Å²) in [7, 11) is 0. The molecule has 0 aliphatic rings. The summed E-state index contributed by atoms with van der Waals surface area (Å²) in [5.41, 5.74) is 7.94. The highest BCUT2D eigenvalue weighted by Gasteiger charge is 2.18. The molecule has 2 N–H and O–H groups in total. The largest absolute Gasteiger partial charge is 0.485 e. The van der Waals surface area contributed by atoms with Gasteiger partial charge in [-0.1, -0.05) is 39.0 Å². The number of benzene rings is 1. The fraction of sp³-hybridized carbons (Fsp3) is 0.412. The molecule has 1 aromatic heterocycles. The summed E-state index contributed by atoms with van der Waals surface area (Å²) < 4.78 is 11.6. The molecule has 0 atom stereocenters. The van der Waals surface area contributed by atoms with Crippen LogP contribution in [0.25, 0.3) is 0 Å². The number of hydrogen-bond donors (Lipinski definition) is 1. The van der Waals surface area contributed by atoms with Gasteiger partial charge in [0.25, 0.3) is 0 Å². The number of hydrogen-bond acceptors (Lipinski definition) is 3. The zero-order chi connectivity index (χ0) is 14.8. The van der Waals surface area contributed by atoms with Gasteiger partial charge >= 0.3 is 0 Å².